The van der Waals surface area contributed by atoms with Crippen molar-refractivity contribution < 1.29 is 23.9 Å². The average Bonchev–Trinajstić information content (AvgIpc) is 2.86. The number of fused-ring (bicyclic) bond motifs is 1. The number of carbonyl (C=O) groups is 4. The third-order valence-corrected chi connectivity index (χ3v) is 3.98. The van der Waals surface area contributed by atoms with Crippen LogP contribution in [0.5, 0.6) is 0 Å². The van der Waals surface area contributed by atoms with Gasteiger partial charge in [0.1, 0.15) is 6.54 Å². The smallest absolute Gasteiger partial charge is 0.262 e. The molecule has 0 saturated carbocycles. The van der Waals surface area contributed by atoms with E-state index in [1.54, 1.807) is 29.2 Å². The Kier molecular flexibility index (Phi) is 4.57. The van der Waals surface area contributed by atoms with Gasteiger partial charge in [-0.2, -0.15) is 0 Å². The molecule has 0 atom stereocenters. The zero-order chi connectivity index (χ0) is 17.1. The molecule has 3 rings (SSSR count). The highest BCUT2D eigenvalue weighted by Gasteiger charge is 2.36. The molecule has 24 heavy (non-hydrogen) atoms. The lowest BCUT2D eigenvalue weighted by Gasteiger charge is -2.27. The first-order valence-electron chi connectivity index (χ1n) is 7.65. The fourth-order valence-corrected chi connectivity index (χ4v) is 2.68. The van der Waals surface area contributed by atoms with Gasteiger partial charge in [0.05, 0.1) is 30.9 Å². The van der Waals surface area contributed by atoms with Gasteiger partial charge in [0.15, 0.2) is 0 Å². The minimum absolute atomic E-state index is 0.165. The van der Waals surface area contributed by atoms with Crippen LogP contribution in [-0.2, 0) is 14.3 Å². The van der Waals surface area contributed by atoms with E-state index < -0.39 is 24.3 Å². The van der Waals surface area contributed by atoms with E-state index in [0.717, 1.165) is 4.90 Å². The van der Waals surface area contributed by atoms with Crippen LogP contribution in [0.25, 0.3) is 0 Å². The maximum absolute atomic E-state index is 12.2. The molecular weight excluding hydrogens is 314 g/mol. The van der Waals surface area contributed by atoms with E-state index in [4.69, 9.17) is 4.74 Å². The van der Waals surface area contributed by atoms with Crippen LogP contribution in [0.2, 0.25) is 0 Å². The molecule has 2 aliphatic heterocycles. The highest BCUT2D eigenvalue weighted by atomic mass is 16.5. The largest absolute Gasteiger partial charge is 0.378 e. The Balaban J connectivity index is 1.53. The quantitative estimate of drug-likeness (QED) is 0.733. The van der Waals surface area contributed by atoms with Gasteiger partial charge >= 0.3 is 0 Å². The van der Waals surface area contributed by atoms with Crippen molar-refractivity contribution in [3.05, 3.63) is 35.4 Å². The molecule has 0 bridgehead atoms. The third-order valence-electron chi connectivity index (χ3n) is 3.98. The van der Waals surface area contributed by atoms with Crippen molar-refractivity contribution in [1.82, 2.24) is 15.1 Å². The molecule has 1 aromatic rings. The lowest BCUT2D eigenvalue weighted by Crippen LogP contribution is -2.47. The molecule has 0 spiro atoms. The van der Waals surface area contributed by atoms with Crippen LogP contribution < -0.4 is 5.32 Å². The molecule has 2 aliphatic rings. The molecule has 1 N–H and O–H groups in total. The van der Waals surface area contributed by atoms with Crippen molar-refractivity contribution in [2.75, 3.05) is 39.4 Å². The molecule has 8 heteroatoms. The summed E-state index contributed by atoms with van der Waals surface area (Å²) in [5.41, 5.74) is 0.583. The van der Waals surface area contributed by atoms with Crippen molar-refractivity contribution >= 4 is 23.6 Å². The first-order valence-corrected chi connectivity index (χ1v) is 7.65. The number of hydrogen-bond acceptors (Lipinski definition) is 5. The van der Waals surface area contributed by atoms with Crippen molar-refractivity contribution in [2.45, 2.75) is 0 Å². The Hall–Kier alpha value is -2.74. The van der Waals surface area contributed by atoms with Gasteiger partial charge in [-0.15, -0.1) is 0 Å². The molecule has 0 aromatic heterocycles. The van der Waals surface area contributed by atoms with Crippen molar-refractivity contribution in [2.24, 2.45) is 0 Å². The Labute approximate surface area is 138 Å². The molecule has 0 aliphatic carbocycles. The number of rotatable bonds is 4. The van der Waals surface area contributed by atoms with E-state index in [2.05, 4.69) is 5.32 Å². The average molecular weight is 331 g/mol. The maximum Gasteiger partial charge on any atom is 0.262 e. The van der Waals surface area contributed by atoms with Crippen molar-refractivity contribution in [1.29, 1.82) is 0 Å². The van der Waals surface area contributed by atoms with Crippen LogP contribution in [0.3, 0.4) is 0 Å². The zero-order valence-electron chi connectivity index (χ0n) is 13.0. The zero-order valence-corrected chi connectivity index (χ0v) is 13.0. The molecule has 2 heterocycles. The Bertz CT molecular complexity index is 662. The SMILES string of the molecule is O=C(CN1C(=O)c2ccccc2C1=O)NCC(=O)N1CCOCC1. The molecule has 0 unspecified atom stereocenters. The van der Waals surface area contributed by atoms with Gasteiger partial charge in [0.25, 0.3) is 11.8 Å². The summed E-state index contributed by atoms with van der Waals surface area (Å²) in [6, 6.07) is 6.42. The second-order valence-corrected chi connectivity index (χ2v) is 5.51. The van der Waals surface area contributed by atoms with Crippen LogP contribution in [-0.4, -0.2) is 72.8 Å². The summed E-state index contributed by atoms with van der Waals surface area (Å²) in [6.45, 7) is 1.38. The standard InChI is InChI=1S/C16H17N3O5/c20-13(17-9-14(21)18-5-7-24-8-6-18)10-19-15(22)11-3-1-2-4-12(11)16(19)23/h1-4H,5-10H2,(H,17,20). The second-order valence-electron chi connectivity index (χ2n) is 5.51. The minimum Gasteiger partial charge on any atom is -0.378 e. The highest BCUT2D eigenvalue weighted by molar-refractivity contribution is 6.22. The van der Waals surface area contributed by atoms with E-state index in [1.807, 2.05) is 0 Å². The first kappa shape index (κ1) is 16.1. The van der Waals surface area contributed by atoms with Gasteiger partial charge in [0.2, 0.25) is 11.8 Å². The number of hydrogen-bond donors (Lipinski definition) is 1. The summed E-state index contributed by atoms with van der Waals surface area (Å²) < 4.78 is 5.16. The fourth-order valence-electron chi connectivity index (χ4n) is 2.68. The molecular formula is C16H17N3O5. The van der Waals surface area contributed by atoms with Crippen LogP contribution in [0.4, 0.5) is 0 Å². The number of ether oxygens (including phenoxy) is 1. The molecule has 126 valence electrons. The molecule has 1 saturated heterocycles. The second kappa shape index (κ2) is 6.79. The number of nitrogens with zero attached hydrogens (tertiary/aromatic N) is 2. The van der Waals surface area contributed by atoms with E-state index in [1.165, 1.54) is 0 Å². The molecule has 0 radical (unpaired) electrons. The van der Waals surface area contributed by atoms with Gasteiger partial charge < -0.3 is 15.0 Å². The van der Waals surface area contributed by atoms with Gasteiger partial charge in [-0.25, -0.2) is 0 Å². The molecule has 8 nitrogen and oxygen atoms in total. The van der Waals surface area contributed by atoms with Crippen LogP contribution in [0.1, 0.15) is 20.7 Å². The number of imide groups is 1. The van der Waals surface area contributed by atoms with Crippen molar-refractivity contribution in [3.63, 3.8) is 0 Å². The van der Waals surface area contributed by atoms with E-state index >= 15 is 0 Å². The van der Waals surface area contributed by atoms with Gasteiger partial charge in [-0.05, 0) is 12.1 Å². The van der Waals surface area contributed by atoms with Crippen LogP contribution >= 0.6 is 0 Å². The summed E-state index contributed by atoms with van der Waals surface area (Å²) in [6.07, 6.45) is 0. The van der Waals surface area contributed by atoms with Gasteiger partial charge in [-0.3, -0.25) is 24.1 Å². The molecule has 4 amide bonds. The minimum atomic E-state index is -0.550. The highest BCUT2D eigenvalue weighted by Crippen LogP contribution is 2.21. The molecule has 1 aromatic carbocycles. The number of benzene rings is 1. The normalized spacial score (nSPS) is 17.0. The Morgan fingerprint density at radius 1 is 1.04 bits per heavy atom. The van der Waals surface area contributed by atoms with E-state index in [0.29, 0.717) is 37.4 Å². The summed E-state index contributed by atoms with van der Waals surface area (Å²) in [5, 5.41) is 2.46. The number of amides is 4. The van der Waals surface area contributed by atoms with E-state index in [-0.39, 0.29) is 12.5 Å². The molecule has 1 fully saturated rings. The maximum atomic E-state index is 12.2. The van der Waals surface area contributed by atoms with E-state index in [9.17, 15) is 19.2 Å². The third kappa shape index (κ3) is 3.13. The summed E-state index contributed by atoms with van der Waals surface area (Å²) in [4.78, 5) is 50.8. The monoisotopic (exact) mass is 331 g/mol. The number of carbonyl (C=O) groups excluding carboxylic acids is 4. The number of nitrogens with one attached hydrogen (secondary N) is 1. The predicted molar refractivity (Wildman–Crippen MR) is 82.2 cm³/mol. The Morgan fingerprint density at radius 3 is 2.21 bits per heavy atom. The van der Waals surface area contributed by atoms with Crippen LogP contribution in [0.15, 0.2) is 24.3 Å². The lowest BCUT2D eigenvalue weighted by molar-refractivity contribution is -0.136. The first-order chi connectivity index (χ1) is 11.6. The fraction of sp³-hybridized carbons (Fsp3) is 0.375. The number of morpholine rings is 1. The predicted octanol–water partition coefficient (Wildman–Crippen LogP) is -0.742. The van der Waals surface area contributed by atoms with Crippen LogP contribution in [0, 0.1) is 0 Å². The Morgan fingerprint density at radius 2 is 1.62 bits per heavy atom. The summed E-state index contributed by atoms with van der Waals surface area (Å²) in [7, 11) is 0. The topological polar surface area (TPSA) is 96.0 Å². The summed E-state index contributed by atoms with van der Waals surface area (Å²) in [5.74, 6) is -1.75. The van der Waals surface area contributed by atoms with Gasteiger partial charge in [0, 0.05) is 13.1 Å². The summed E-state index contributed by atoms with van der Waals surface area (Å²) >= 11 is 0. The van der Waals surface area contributed by atoms with Gasteiger partial charge in [-0.1, -0.05) is 12.1 Å². The lowest BCUT2D eigenvalue weighted by atomic mass is 10.1. The van der Waals surface area contributed by atoms with Crippen molar-refractivity contribution in [3.8, 4) is 0 Å².